The predicted molar refractivity (Wildman–Crippen MR) is 104 cm³/mol. The van der Waals surface area contributed by atoms with Crippen molar-refractivity contribution in [3.63, 3.8) is 0 Å². The highest BCUT2D eigenvalue weighted by molar-refractivity contribution is 7.89. The van der Waals surface area contributed by atoms with Gasteiger partial charge < -0.3 is 9.73 Å². The van der Waals surface area contributed by atoms with Crippen molar-refractivity contribution >= 4 is 15.9 Å². The van der Waals surface area contributed by atoms with E-state index in [9.17, 15) is 13.2 Å². The van der Waals surface area contributed by atoms with Gasteiger partial charge in [0.1, 0.15) is 10.7 Å². The molecule has 4 aliphatic carbocycles. The Balaban J connectivity index is 1.29. The average Bonchev–Trinajstić information content (AvgIpc) is 3.29. The summed E-state index contributed by atoms with van der Waals surface area (Å²) in [7, 11) is -3.57. The second-order valence-electron chi connectivity index (χ2n) is 9.74. The minimum Gasteiger partial charge on any atom is -0.455 e. The second kappa shape index (κ2) is 6.59. The van der Waals surface area contributed by atoms with Gasteiger partial charge in [0.05, 0.1) is 0 Å². The van der Waals surface area contributed by atoms with Crippen LogP contribution in [0.2, 0.25) is 0 Å². The van der Waals surface area contributed by atoms with Crippen LogP contribution >= 0.6 is 0 Å². The lowest BCUT2D eigenvalue weighted by atomic mass is 9.49. The quantitative estimate of drug-likeness (QED) is 0.813. The first-order chi connectivity index (χ1) is 13.3. The van der Waals surface area contributed by atoms with Crippen LogP contribution in [0.4, 0.5) is 0 Å². The van der Waals surface area contributed by atoms with Crippen molar-refractivity contribution in [1.29, 1.82) is 0 Å². The van der Waals surface area contributed by atoms with Gasteiger partial charge in [-0.3, -0.25) is 4.79 Å². The summed E-state index contributed by atoms with van der Waals surface area (Å²) in [6, 6.07) is 1.41. The Labute approximate surface area is 167 Å². The van der Waals surface area contributed by atoms with Gasteiger partial charge in [0, 0.05) is 25.7 Å². The third-order valence-electron chi connectivity index (χ3n) is 7.57. The molecule has 1 amide bonds. The Hall–Kier alpha value is -1.34. The normalized spacial score (nSPS) is 34.8. The Morgan fingerprint density at radius 2 is 1.71 bits per heavy atom. The van der Waals surface area contributed by atoms with E-state index < -0.39 is 10.0 Å². The predicted octanol–water partition coefficient (Wildman–Crippen LogP) is 3.32. The first-order valence-corrected chi connectivity index (χ1v) is 12.2. The first kappa shape index (κ1) is 18.7. The number of nitrogens with one attached hydrogen (secondary N) is 1. The van der Waals surface area contributed by atoms with E-state index in [1.807, 2.05) is 0 Å². The lowest BCUT2D eigenvalue weighted by Gasteiger charge is -2.56. The van der Waals surface area contributed by atoms with Gasteiger partial charge in [-0.25, -0.2) is 8.42 Å². The molecule has 154 valence electrons. The summed E-state index contributed by atoms with van der Waals surface area (Å²) in [6.45, 7) is 3.39. The molecule has 7 heteroatoms. The topological polar surface area (TPSA) is 79.6 Å². The molecule has 1 aliphatic heterocycles. The maximum absolute atomic E-state index is 12.8. The first-order valence-electron chi connectivity index (χ1n) is 10.7. The molecule has 6 rings (SSSR count). The minimum absolute atomic E-state index is 0.111. The Morgan fingerprint density at radius 3 is 2.29 bits per heavy atom. The van der Waals surface area contributed by atoms with Crippen LogP contribution in [0.3, 0.4) is 0 Å². The molecule has 28 heavy (non-hydrogen) atoms. The second-order valence-corrected chi connectivity index (χ2v) is 11.6. The van der Waals surface area contributed by atoms with Crippen LogP contribution in [0.5, 0.6) is 0 Å². The zero-order valence-corrected chi connectivity index (χ0v) is 17.4. The SMILES string of the molecule is Cc1oc(C(=O)NCC23CC4CC(CC(C4)C2)C3)cc1S(=O)(=O)N1CCCC1. The van der Waals surface area contributed by atoms with E-state index in [0.29, 0.717) is 25.4 Å². The van der Waals surface area contributed by atoms with E-state index in [2.05, 4.69) is 5.32 Å². The summed E-state index contributed by atoms with van der Waals surface area (Å²) in [5.41, 5.74) is 0.247. The molecule has 0 spiro atoms. The van der Waals surface area contributed by atoms with E-state index in [1.54, 1.807) is 6.92 Å². The number of sulfonamides is 1. The van der Waals surface area contributed by atoms with E-state index in [1.165, 1.54) is 48.9 Å². The lowest BCUT2D eigenvalue weighted by Crippen LogP contribution is -2.51. The van der Waals surface area contributed by atoms with Crippen LogP contribution in [-0.2, 0) is 10.0 Å². The van der Waals surface area contributed by atoms with Gasteiger partial charge in [-0.1, -0.05) is 0 Å². The highest BCUT2D eigenvalue weighted by Crippen LogP contribution is 2.59. The van der Waals surface area contributed by atoms with Crippen LogP contribution < -0.4 is 5.32 Å². The molecular weight excluding hydrogens is 376 g/mol. The van der Waals surface area contributed by atoms with Crippen molar-refractivity contribution in [1.82, 2.24) is 9.62 Å². The summed E-state index contributed by atoms with van der Waals surface area (Å²) < 4.78 is 32.7. The molecule has 2 heterocycles. The van der Waals surface area contributed by atoms with Gasteiger partial charge in [0.2, 0.25) is 10.0 Å². The molecule has 4 saturated carbocycles. The molecule has 1 saturated heterocycles. The molecule has 6 nitrogen and oxygen atoms in total. The maximum Gasteiger partial charge on any atom is 0.287 e. The van der Waals surface area contributed by atoms with Crippen LogP contribution in [0.15, 0.2) is 15.4 Å². The van der Waals surface area contributed by atoms with E-state index >= 15 is 0 Å². The van der Waals surface area contributed by atoms with Gasteiger partial charge in [0.25, 0.3) is 5.91 Å². The van der Waals surface area contributed by atoms with Gasteiger partial charge in [-0.15, -0.1) is 0 Å². The molecule has 5 aliphatic rings. The third-order valence-corrected chi connectivity index (χ3v) is 9.57. The Morgan fingerprint density at radius 1 is 1.14 bits per heavy atom. The van der Waals surface area contributed by atoms with Crippen LogP contribution in [-0.4, -0.2) is 38.3 Å². The van der Waals surface area contributed by atoms with Crippen molar-refractivity contribution in [2.45, 2.75) is 63.2 Å². The number of rotatable bonds is 5. The van der Waals surface area contributed by atoms with E-state index in [0.717, 1.165) is 30.6 Å². The molecule has 1 aromatic rings. The fourth-order valence-corrected chi connectivity index (χ4v) is 8.44. The molecule has 0 unspecified atom stereocenters. The number of furan rings is 1. The lowest BCUT2D eigenvalue weighted by molar-refractivity contribution is -0.0504. The molecule has 1 N–H and O–H groups in total. The minimum atomic E-state index is -3.57. The molecule has 0 atom stereocenters. The molecular formula is C21H30N2O4S. The Kier molecular flexibility index (Phi) is 4.40. The van der Waals surface area contributed by atoms with Gasteiger partial charge in [0.15, 0.2) is 5.76 Å². The van der Waals surface area contributed by atoms with Gasteiger partial charge >= 0.3 is 0 Å². The van der Waals surface area contributed by atoms with Crippen molar-refractivity contribution in [2.24, 2.45) is 23.2 Å². The highest BCUT2D eigenvalue weighted by Gasteiger charge is 2.50. The summed E-state index contributed by atoms with van der Waals surface area (Å²) in [5.74, 6) is 2.64. The summed E-state index contributed by atoms with van der Waals surface area (Å²) in [6.07, 6.45) is 9.58. The van der Waals surface area contributed by atoms with E-state index in [-0.39, 0.29) is 22.0 Å². The fraction of sp³-hybridized carbons (Fsp3) is 0.762. The number of carbonyl (C=O) groups is 1. The summed E-state index contributed by atoms with van der Waals surface area (Å²) in [5, 5.41) is 3.08. The number of aryl methyl sites for hydroxylation is 1. The largest absolute Gasteiger partial charge is 0.455 e. The number of carbonyl (C=O) groups excluding carboxylic acids is 1. The fourth-order valence-electron chi connectivity index (χ4n) is 6.76. The number of hydrogen-bond acceptors (Lipinski definition) is 4. The monoisotopic (exact) mass is 406 g/mol. The smallest absolute Gasteiger partial charge is 0.287 e. The zero-order chi connectivity index (χ0) is 19.5. The number of hydrogen-bond donors (Lipinski definition) is 1. The maximum atomic E-state index is 12.8. The van der Waals surface area contributed by atoms with Crippen LogP contribution in [0.1, 0.15) is 67.7 Å². The van der Waals surface area contributed by atoms with Crippen molar-refractivity contribution in [2.75, 3.05) is 19.6 Å². The average molecular weight is 407 g/mol. The zero-order valence-electron chi connectivity index (χ0n) is 16.6. The van der Waals surface area contributed by atoms with Crippen LogP contribution in [0.25, 0.3) is 0 Å². The summed E-state index contributed by atoms with van der Waals surface area (Å²) in [4.78, 5) is 12.9. The van der Waals surface area contributed by atoms with Crippen molar-refractivity contribution in [3.05, 3.63) is 17.6 Å². The molecule has 0 radical (unpaired) electrons. The van der Waals surface area contributed by atoms with Crippen molar-refractivity contribution < 1.29 is 17.6 Å². The molecule has 5 fully saturated rings. The van der Waals surface area contributed by atoms with Crippen molar-refractivity contribution in [3.8, 4) is 0 Å². The molecule has 4 bridgehead atoms. The third kappa shape index (κ3) is 3.11. The molecule has 1 aromatic heterocycles. The van der Waals surface area contributed by atoms with Crippen LogP contribution in [0, 0.1) is 30.1 Å². The van der Waals surface area contributed by atoms with Gasteiger partial charge in [-0.2, -0.15) is 4.31 Å². The van der Waals surface area contributed by atoms with Gasteiger partial charge in [-0.05, 0) is 81.5 Å². The standard InChI is InChI=1S/C21H30N2O4S/c1-14-19(28(25,26)23-4-2-3-5-23)9-18(27-14)20(24)22-13-21-10-15-6-16(11-21)8-17(7-15)12-21/h9,15-17H,2-8,10-13H2,1H3,(H,22,24). The summed E-state index contributed by atoms with van der Waals surface area (Å²) >= 11 is 0. The Bertz CT molecular complexity index is 847. The highest BCUT2D eigenvalue weighted by atomic mass is 32.2. The number of nitrogens with zero attached hydrogens (tertiary/aromatic N) is 1. The molecule has 0 aromatic carbocycles. The number of amides is 1. The van der Waals surface area contributed by atoms with E-state index in [4.69, 9.17) is 4.42 Å².